The van der Waals surface area contributed by atoms with Crippen LogP contribution in [0.1, 0.15) is 464 Å². The van der Waals surface area contributed by atoms with E-state index in [2.05, 4.69) is 117 Å². The molecule has 0 aromatic heterocycles. The van der Waals surface area contributed by atoms with Crippen LogP contribution in [-0.2, 0) is 18.9 Å². The Labute approximate surface area is 872 Å². The third-order valence-electron chi connectivity index (χ3n) is 51.3. The van der Waals surface area contributed by atoms with Gasteiger partial charge in [0.05, 0.1) is 46.8 Å². The fourth-order valence-corrected chi connectivity index (χ4v) is 41.7. The third-order valence-corrected chi connectivity index (χ3v) is 51.3. The standard InChI is InChI=1S/3C31H54O3.C31H52O3.3H2S/c4*1-5-31(33)17-16-29(3)23(20-31)7-8-24-26-10-9-25(30(26,4)15-12-27(24)29)21(2)6-11-28(32)22-13-18-34-19-14-22;;;/h3*21-28,32-33H,5-20H2,1-4H3;7,21-22,24-28,32-33H,5-6,8-20H2,1-4H3;3*1H2/t21-,23+,24+,25-,26+,27+,28+,29+,30-,31+;21-,23-,24+,25-,26+,27+,28?,29+,30-,31+;21-,23-,24+,25-,26+,27+,28+,29+,30-,31+;21-,24+,25-,26+,27+,28+,29+,30-,31+;;;/m1111.../s1. The van der Waals surface area contributed by atoms with Gasteiger partial charge in [-0.1, -0.05) is 122 Å². The van der Waals surface area contributed by atoms with Crippen molar-refractivity contribution in [3.05, 3.63) is 11.6 Å². The van der Waals surface area contributed by atoms with Crippen molar-refractivity contribution in [3.8, 4) is 0 Å². The zero-order chi connectivity index (χ0) is 96.6. The van der Waals surface area contributed by atoms with Crippen LogP contribution < -0.4 is 0 Å². The highest BCUT2D eigenvalue weighted by Gasteiger charge is 2.68. The highest BCUT2D eigenvalue weighted by Crippen LogP contribution is 2.75. The number of aliphatic hydroxyl groups excluding tert-OH is 4. The molecule has 19 fully saturated rings. The number of ether oxygens (including phenoxy) is 4. The lowest BCUT2D eigenvalue weighted by Gasteiger charge is -2.62. The first kappa shape index (κ1) is 115. The molecule has 1 unspecified atom stereocenters. The van der Waals surface area contributed by atoms with Gasteiger partial charge in [0, 0.05) is 52.9 Å². The second-order valence-electron chi connectivity index (χ2n) is 56.5. The van der Waals surface area contributed by atoms with Gasteiger partial charge in [-0.25, -0.2) is 0 Å². The molecule has 20 aliphatic rings. The van der Waals surface area contributed by atoms with Crippen molar-refractivity contribution in [1.29, 1.82) is 0 Å². The van der Waals surface area contributed by atoms with E-state index in [0.29, 0.717) is 72.9 Å². The average Bonchev–Trinajstić information content (AvgIpc) is 1.36. The topological polar surface area (TPSA) is 199 Å². The Bertz CT molecular complexity index is 3560. The minimum Gasteiger partial charge on any atom is -0.393 e. The first-order valence-electron chi connectivity index (χ1n) is 60.4. The molecular weight excluding hydrogens is 1780 g/mol. The predicted octanol–water partition coefficient (Wildman–Crippen LogP) is 28.2. The number of fused-ring (bicyclic) bond motifs is 20. The summed E-state index contributed by atoms with van der Waals surface area (Å²) in [6.45, 7) is 46.5. The number of aliphatic hydroxyl groups is 8. The van der Waals surface area contributed by atoms with Crippen molar-refractivity contribution in [2.75, 3.05) is 52.9 Å². The van der Waals surface area contributed by atoms with Crippen LogP contribution in [-0.4, -0.2) is 141 Å². The monoisotopic (exact) mass is 2000 g/mol. The maximum Gasteiger partial charge on any atom is 0.0682 e. The van der Waals surface area contributed by atoms with Crippen LogP contribution >= 0.6 is 40.5 Å². The Morgan fingerprint density at radius 3 is 0.777 bits per heavy atom. The molecule has 8 N–H and O–H groups in total. The zero-order valence-corrected chi connectivity index (χ0v) is 95.2. The van der Waals surface area contributed by atoms with Gasteiger partial charge in [0.25, 0.3) is 0 Å². The summed E-state index contributed by atoms with van der Waals surface area (Å²) in [6.07, 6.45) is 67.9. The lowest BCUT2D eigenvalue weighted by molar-refractivity contribution is -0.152. The fraction of sp³-hybridized carbons (Fsp3) is 0.984. The second-order valence-corrected chi connectivity index (χ2v) is 56.5. The highest BCUT2D eigenvalue weighted by atomic mass is 32.1. The molecule has 20 rings (SSSR count). The molecule has 4 heterocycles. The molecule has 0 spiro atoms. The molecule has 16 aliphatic carbocycles. The van der Waals surface area contributed by atoms with Gasteiger partial charge in [0.1, 0.15) is 0 Å². The van der Waals surface area contributed by atoms with Crippen LogP contribution in [0.25, 0.3) is 0 Å². The van der Waals surface area contributed by atoms with E-state index in [4.69, 9.17) is 18.9 Å². The highest BCUT2D eigenvalue weighted by molar-refractivity contribution is 7.59. The third kappa shape index (κ3) is 22.7. The molecule has 0 amide bonds. The normalized spacial score (nSPS) is 47.4. The van der Waals surface area contributed by atoms with E-state index in [0.717, 1.165) is 337 Å². The van der Waals surface area contributed by atoms with Crippen LogP contribution in [0.4, 0.5) is 0 Å². The number of hydrogen-bond acceptors (Lipinski definition) is 12. The molecule has 0 aromatic carbocycles. The summed E-state index contributed by atoms with van der Waals surface area (Å²) in [5.74, 6) is 20.9. The largest absolute Gasteiger partial charge is 0.393 e. The Hall–Kier alpha value is 0.310. The molecule has 39 atom stereocenters. The zero-order valence-electron chi connectivity index (χ0n) is 92.2. The predicted molar refractivity (Wildman–Crippen MR) is 585 cm³/mol. The number of rotatable bonds is 24. The van der Waals surface area contributed by atoms with Gasteiger partial charge in [-0.2, -0.15) is 40.5 Å². The Kier molecular flexibility index (Phi) is 38.6. The summed E-state index contributed by atoms with van der Waals surface area (Å²) in [5, 5.41) is 87.6. The number of hydrogen-bond donors (Lipinski definition) is 8. The van der Waals surface area contributed by atoms with Gasteiger partial charge in [-0.15, -0.1) is 0 Å². The van der Waals surface area contributed by atoms with Crippen LogP contribution in [0.3, 0.4) is 0 Å². The lowest BCUT2D eigenvalue weighted by atomic mass is 9.43. The van der Waals surface area contributed by atoms with Gasteiger partial charge in [0.2, 0.25) is 0 Å². The molecule has 139 heavy (non-hydrogen) atoms. The van der Waals surface area contributed by atoms with Crippen molar-refractivity contribution in [2.24, 2.45) is 203 Å². The van der Waals surface area contributed by atoms with Gasteiger partial charge < -0.3 is 59.8 Å². The maximum atomic E-state index is 11.1. The van der Waals surface area contributed by atoms with E-state index >= 15 is 0 Å². The summed E-state index contributed by atoms with van der Waals surface area (Å²) < 4.78 is 22.0. The van der Waals surface area contributed by atoms with Crippen LogP contribution in [0, 0.1) is 203 Å². The number of allylic oxidation sites excluding steroid dienone is 1. The molecule has 15 saturated carbocycles. The first-order valence-corrected chi connectivity index (χ1v) is 60.4. The minimum atomic E-state index is -0.454. The SMILES string of the molecule is CC[C@]1(O)CC[C@@]2(C)C(=CC[C@H]3[C@@H]4CC[C@H]([C@H](C)CC[C@H](O)C5CCOCC5)[C@@]4(C)CC[C@@H]32)C1.CC[C@]1(O)CC[C@@]2(C)[C@@H](CC[C@@H]3[C@@H]2CC[C@]2(C)[C@@H]([C@H](C)CC[C@H](O)C4CCOCC4)CC[C@@H]32)C1.CC[C@]1(O)CC[C@@]2(C)[C@H](CC[C@@H]3[C@@H]2CC[C@]2(C)[C@@H]([C@H](C)CCC(O)C4CCOCC4)CC[C@@H]32)C1.CC[C@]1(O)CC[C@@]2(C)[C@H](CC[C@@H]3[C@@H]2CC[C@]2(C)[C@@H]([C@H](C)CC[C@H](O)C4CCOCC4)CC[C@@H]32)C1.S.S.S. The summed E-state index contributed by atoms with van der Waals surface area (Å²) in [4.78, 5) is 0. The van der Waals surface area contributed by atoms with Crippen LogP contribution in [0.5, 0.6) is 0 Å². The maximum absolute atomic E-state index is 11.1. The Morgan fingerprint density at radius 2 is 0.511 bits per heavy atom. The Morgan fingerprint density at radius 1 is 0.266 bits per heavy atom. The van der Waals surface area contributed by atoms with E-state index < -0.39 is 5.60 Å². The van der Waals surface area contributed by atoms with E-state index in [1.54, 1.807) is 5.57 Å². The molecule has 0 radical (unpaired) electrons. The van der Waals surface area contributed by atoms with Crippen LogP contribution in [0.15, 0.2) is 11.6 Å². The van der Waals surface area contributed by atoms with Gasteiger partial charge in [-0.05, 0) is 556 Å². The van der Waals surface area contributed by atoms with E-state index in [1.165, 1.54) is 199 Å². The van der Waals surface area contributed by atoms with Crippen molar-refractivity contribution < 1.29 is 59.8 Å². The molecule has 4 saturated heterocycles. The molecule has 0 bridgehead atoms. The summed E-state index contributed by atoms with van der Waals surface area (Å²) >= 11 is 0. The molecule has 0 aromatic rings. The van der Waals surface area contributed by atoms with Crippen molar-refractivity contribution in [1.82, 2.24) is 0 Å². The lowest BCUT2D eigenvalue weighted by Crippen LogP contribution is -2.56. The Balaban J connectivity index is 0.000000147. The molecule has 12 nitrogen and oxygen atoms in total. The minimum absolute atomic E-state index is 0. The fourth-order valence-electron chi connectivity index (χ4n) is 41.7. The molecule has 4 aliphatic heterocycles. The summed E-state index contributed by atoms with van der Waals surface area (Å²) in [7, 11) is 0. The smallest absolute Gasteiger partial charge is 0.0682 e. The molecule has 806 valence electrons. The molecule has 15 heteroatoms. The van der Waals surface area contributed by atoms with E-state index in [1.807, 2.05) is 0 Å². The average molecular weight is 2000 g/mol. The second kappa shape index (κ2) is 46.7. The van der Waals surface area contributed by atoms with Gasteiger partial charge in [0.15, 0.2) is 0 Å². The van der Waals surface area contributed by atoms with Gasteiger partial charge >= 0.3 is 0 Å². The van der Waals surface area contributed by atoms with Crippen molar-refractivity contribution in [3.63, 3.8) is 0 Å². The van der Waals surface area contributed by atoms with Crippen LogP contribution in [0.2, 0.25) is 0 Å². The van der Waals surface area contributed by atoms with Crippen molar-refractivity contribution in [2.45, 2.75) is 511 Å². The first-order chi connectivity index (χ1) is 64.8. The molecular formula is C124H220O12S3. The van der Waals surface area contributed by atoms with Crippen molar-refractivity contribution >= 4 is 40.5 Å². The van der Waals surface area contributed by atoms with E-state index in [9.17, 15) is 40.9 Å². The van der Waals surface area contributed by atoms with E-state index in [-0.39, 0.29) is 81.7 Å². The van der Waals surface area contributed by atoms with Gasteiger partial charge in [-0.3, -0.25) is 0 Å². The summed E-state index contributed by atoms with van der Waals surface area (Å²) in [6, 6.07) is 0. The summed E-state index contributed by atoms with van der Waals surface area (Å²) in [5.41, 5.74) is 3.69. The quantitative estimate of drug-likeness (QED) is 0.0426.